The average molecular weight is 333 g/mol. The number of carboxylic acids is 1. The molecule has 1 unspecified atom stereocenters. The van der Waals surface area contributed by atoms with Crippen molar-refractivity contribution in [2.45, 2.75) is 18.9 Å². The van der Waals surface area contributed by atoms with Gasteiger partial charge in [-0.3, -0.25) is 4.79 Å². The molecule has 1 aromatic rings. The van der Waals surface area contributed by atoms with E-state index in [1.165, 1.54) is 4.90 Å². The summed E-state index contributed by atoms with van der Waals surface area (Å²) in [6, 6.07) is 4.16. The van der Waals surface area contributed by atoms with Crippen molar-refractivity contribution < 1.29 is 14.7 Å². The Hall–Kier alpha value is -1.07. The van der Waals surface area contributed by atoms with E-state index in [9.17, 15) is 9.59 Å². The van der Waals surface area contributed by atoms with Crippen molar-refractivity contribution in [3.63, 3.8) is 0 Å². The highest BCUT2D eigenvalue weighted by Gasteiger charge is 2.34. The maximum Gasteiger partial charge on any atom is 0.326 e. The van der Waals surface area contributed by atoms with E-state index in [1.54, 1.807) is 18.2 Å². The monoisotopic (exact) mass is 331 g/mol. The first-order valence-corrected chi connectivity index (χ1v) is 6.66. The number of carbonyl (C=O) groups excluding carboxylic acids is 1. The average Bonchev–Trinajstić information content (AvgIpc) is 2.80. The molecule has 0 saturated carbocycles. The predicted molar refractivity (Wildman–Crippen MR) is 70.8 cm³/mol. The number of amides is 1. The van der Waals surface area contributed by atoms with E-state index < -0.39 is 12.0 Å². The van der Waals surface area contributed by atoms with Gasteiger partial charge in [-0.05, 0) is 47.0 Å². The van der Waals surface area contributed by atoms with E-state index in [2.05, 4.69) is 15.9 Å². The molecule has 1 aliphatic rings. The normalized spacial score (nSPS) is 19.0. The number of nitrogens with zero attached hydrogens (tertiary/aromatic N) is 1. The molecule has 1 atom stereocenters. The van der Waals surface area contributed by atoms with Crippen molar-refractivity contribution in [3.8, 4) is 0 Å². The number of rotatable bonds is 2. The zero-order chi connectivity index (χ0) is 13.3. The van der Waals surface area contributed by atoms with Crippen molar-refractivity contribution in [3.05, 3.63) is 33.3 Å². The van der Waals surface area contributed by atoms with Crippen LogP contribution in [0.25, 0.3) is 0 Å². The third-order valence-corrected chi connectivity index (χ3v) is 3.88. The summed E-state index contributed by atoms with van der Waals surface area (Å²) in [4.78, 5) is 24.8. The number of halogens is 2. The number of likely N-dealkylation sites (tertiary alicyclic amines) is 1. The summed E-state index contributed by atoms with van der Waals surface area (Å²) in [5.74, 6) is -1.26. The van der Waals surface area contributed by atoms with Gasteiger partial charge in [-0.2, -0.15) is 0 Å². The lowest BCUT2D eigenvalue weighted by atomic mass is 10.1. The van der Waals surface area contributed by atoms with Crippen molar-refractivity contribution in [2.24, 2.45) is 0 Å². The van der Waals surface area contributed by atoms with Crippen LogP contribution in [0.3, 0.4) is 0 Å². The van der Waals surface area contributed by atoms with Crippen molar-refractivity contribution in [1.82, 2.24) is 4.90 Å². The highest BCUT2D eigenvalue weighted by Crippen LogP contribution is 2.26. The molecule has 0 aromatic heterocycles. The number of hydrogen-bond acceptors (Lipinski definition) is 2. The number of carboxylic acid groups (broad SMARTS) is 1. The molecule has 96 valence electrons. The maximum atomic E-state index is 12.3. The maximum absolute atomic E-state index is 12.3. The Morgan fingerprint density at radius 2 is 2.17 bits per heavy atom. The largest absolute Gasteiger partial charge is 0.480 e. The molecular formula is C12H11BrClNO3. The Labute approximate surface area is 118 Å². The third kappa shape index (κ3) is 2.52. The molecule has 1 fully saturated rings. The molecule has 18 heavy (non-hydrogen) atoms. The number of aliphatic carboxylic acids is 1. The SMILES string of the molecule is O=C(O)C1CCCN1C(=O)c1cc(Cl)ccc1Br. The van der Waals surface area contributed by atoms with Crippen LogP contribution in [-0.4, -0.2) is 34.5 Å². The van der Waals surface area contributed by atoms with Gasteiger partial charge in [-0.1, -0.05) is 11.6 Å². The molecule has 6 heteroatoms. The number of benzene rings is 1. The van der Waals surface area contributed by atoms with Gasteiger partial charge in [-0.15, -0.1) is 0 Å². The zero-order valence-corrected chi connectivity index (χ0v) is 11.7. The second-order valence-electron chi connectivity index (χ2n) is 4.12. The fourth-order valence-electron chi connectivity index (χ4n) is 2.08. The molecule has 0 aliphatic carbocycles. The summed E-state index contributed by atoms with van der Waals surface area (Å²) in [5, 5.41) is 9.52. The molecule has 0 radical (unpaired) electrons. The first-order valence-electron chi connectivity index (χ1n) is 5.49. The molecule has 1 amide bonds. The molecule has 1 saturated heterocycles. The van der Waals surface area contributed by atoms with Crippen LogP contribution in [0.1, 0.15) is 23.2 Å². The highest BCUT2D eigenvalue weighted by molar-refractivity contribution is 9.10. The highest BCUT2D eigenvalue weighted by atomic mass is 79.9. The van der Waals surface area contributed by atoms with Gasteiger partial charge < -0.3 is 10.0 Å². The molecule has 1 heterocycles. The lowest BCUT2D eigenvalue weighted by Crippen LogP contribution is -2.40. The van der Waals surface area contributed by atoms with Crippen LogP contribution < -0.4 is 0 Å². The van der Waals surface area contributed by atoms with E-state index in [0.717, 1.165) is 0 Å². The van der Waals surface area contributed by atoms with Gasteiger partial charge in [0.15, 0.2) is 0 Å². The van der Waals surface area contributed by atoms with Crippen molar-refractivity contribution in [1.29, 1.82) is 0 Å². The summed E-state index contributed by atoms with van der Waals surface area (Å²) in [6.45, 7) is 0.467. The molecule has 1 N–H and O–H groups in total. The van der Waals surface area contributed by atoms with Crippen LogP contribution in [0.5, 0.6) is 0 Å². The summed E-state index contributed by atoms with van der Waals surface area (Å²) in [6.07, 6.45) is 1.21. The van der Waals surface area contributed by atoms with E-state index >= 15 is 0 Å². The predicted octanol–water partition coefficient (Wildman–Crippen LogP) is 2.79. The second-order valence-corrected chi connectivity index (χ2v) is 5.41. The summed E-state index contributed by atoms with van der Waals surface area (Å²) >= 11 is 9.14. The van der Waals surface area contributed by atoms with Crippen LogP contribution in [0.4, 0.5) is 0 Å². The van der Waals surface area contributed by atoms with Crippen LogP contribution in [0, 0.1) is 0 Å². The van der Waals surface area contributed by atoms with E-state index in [0.29, 0.717) is 34.4 Å². The molecule has 1 aliphatic heterocycles. The Kier molecular flexibility index (Phi) is 3.92. The Morgan fingerprint density at radius 3 is 2.83 bits per heavy atom. The standard InChI is InChI=1S/C12H11BrClNO3/c13-9-4-3-7(14)6-8(9)11(16)15-5-1-2-10(15)12(17)18/h3-4,6,10H,1-2,5H2,(H,17,18). The fraction of sp³-hybridized carbons (Fsp3) is 0.333. The lowest BCUT2D eigenvalue weighted by molar-refractivity contribution is -0.141. The molecular weight excluding hydrogens is 321 g/mol. The van der Waals surface area contributed by atoms with E-state index in [1.807, 2.05) is 0 Å². The molecule has 2 rings (SSSR count). The fourth-order valence-corrected chi connectivity index (χ4v) is 2.67. The van der Waals surface area contributed by atoms with Gasteiger partial charge in [0.2, 0.25) is 0 Å². The van der Waals surface area contributed by atoms with Gasteiger partial charge in [0.05, 0.1) is 5.56 Å². The summed E-state index contributed by atoms with van der Waals surface area (Å²) in [5.41, 5.74) is 0.399. The Balaban J connectivity index is 2.31. The van der Waals surface area contributed by atoms with Crippen LogP contribution >= 0.6 is 27.5 Å². The van der Waals surface area contributed by atoms with Crippen LogP contribution in [-0.2, 0) is 4.79 Å². The number of hydrogen-bond donors (Lipinski definition) is 1. The molecule has 4 nitrogen and oxygen atoms in total. The smallest absolute Gasteiger partial charge is 0.326 e. The van der Waals surface area contributed by atoms with E-state index in [-0.39, 0.29) is 5.91 Å². The minimum absolute atomic E-state index is 0.297. The summed E-state index contributed by atoms with van der Waals surface area (Å²) in [7, 11) is 0. The van der Waals surface area contributed by atoms with Gasteiger partial charge in [0, 0.05) is 16.0 Å². The van der Waals surface area contributed by atoms with Gasteiger partial charge in [0.25, 0.3) is 5.91 Å². The first-order chi connectivity index (χ1) is 8.50. The van der Waals surface area contributed by atoms with E-state index in [4.69, 9.17) is 16.7 Å². The van der Waals surface area contributed by atoms with Gasteiger partial charge in [0.1, 0.15) is 6.04 Å². The van der Waals surface area contributed by atoms with Crippen LogP contribution in [0.15, 0.2) is 22.7 Å². The molecule has 0 spiro atoms. The minimum Gasteiger partial charge on any atom is -0.480 e. The van der Waals surface area contributed by atoms with Gasteiger partial charge >= 0.3 is 5.97 Å². The first kappa shape index (κ1) is 13.4. The zero-order valence-electron chi connectivity index (χ0n) is 9.40. The topological polar surface area (TPSA) is 57.6 Å². The Morgan fingerprint density at radius 1 is 1.44 bits per heavy atom. The van der Waals surface area contributed by atoms with Crippen molar-refractivity contribution in [2.75, 3.05) is 6.54 Å². The van der Waals surface area contributed by atoms with Crippen molar-refractivity contribution >= 4 is 39.4 Å². The Bertz CT molecular complexity index is 506. The third-order valence-electron chi connectivity index (χ3n) is 2.96. The minimum atomic E-state index is -0.959. The lowest BCUT2D eigenvalue weighted by Gasteiger charge is -2.22. The second kappa shape index (κ2) is 5.28. The molecule has 0 bridgehead atoms. The van der Waals surface area contributed by atoms with Gasteiger partial charge in [-0.25, -0.2) is 4.79 Å². The number of carbonyl (C=O) groups is 2. The summed E-state index contributed by atoms with van der Waals surface area (Å²) < 4.78 is 0.618. The molecule has 1 aromatic carbocycles. The quantitative estimate of drug-likeness (QED) is 0.906. The van der Waals surface area contributed by atoms with Crippen LogP contribution in [0.2, 0.25) is 5.02 Å².